The maximum Gasteiger partial charge on any atom is 0.322 e. The van der Waals surface area contributed by atoms with Gasteiger partial charge in [-0.25, -0.2) is 0 Å². The van der Waals surface area contributed by atoms with Gasteiger partial charge in [0.25, 0.3) is 0 Å². The molecule has 0 saturated carbocycles. The quantitative estimate of drug-likeness (QED) is 0.204. The topological polar surface area (TPSA) is 194 Å². The molecule has 25 heavy (non-hydrogen) atoms. The number of thioether (sulfide) groups is 1. The number of carbonyl (C=O) groups is 5. The molecule has 0 heterocycles. The highest BCUT2D eigenvalue weighted by molar-refractivity contribution is 7.98. The molecule has 2 atom stereocenters. The van der Waals surface area contributed by atoms with Crippen LogP contribution in [0.5, 0.6) is 0 Å². The molecule has 0 aromatic carbocycles. The number of hydrogen-bond acceptors (Lipinski definition) is 7. The summed E-state index contributed by atoms with van der Waals surface area (Å²) in [5.74, 6) is -3.61. The zero-order valence-electron chi connectivity index (χ0n) is 13.7. The molecule has 0 saturated heterocycles. The van der Waals surface area contributed by atoms with Crippen molar-refractivity contribution in [2.75, 3.05) is 25.1 Å². The largest absolute Gasteiger partial charge is 0.480 e. The summed E-state index contributed by atoms with van der Waals surface area (Å²) in [7, 11) is 0. The first kappa shape index (κ1) is 22.7. The maximum atomic E-state index is 11.8. The molecule has 0 rings (SSSR count). The van der Waals surface area contributed by atoms with E-state index in [2.05, 4.69) is 10.6 Å². The lowest BCUT2D eigenvalue weighted by Gasteiger charge is -2.17. The minimum absolute atomic E-state index is 0.441. The average Bonchev–Trinajstić information content (AvgIpc) is 2.54. The molecule has 0 bridgehead atoms. The van der Waals surface area contributed by atoms with Crippen molar-refractivity contribution < 1.29 is 29.1 Å². The lowest BCUT2D eigenvalue weighted by molar-refractivity contribution is -0.138. The standard InChI is InChI=1S/C13H23N5O6S/c1-25-3-2-7(14)12(23)16-5-10(20)18-8(4-9(15)19)13(24)17-6-11(21)22/h7-8H,2-6,14H2,1H3,(H2,15,19)(H,16,23)(H,17,24)(H,18,20)(H,21,22). The summed E-state index contributed by atoms with van der Waals surface area (Å²) >= 11 is 1.53. The highest BCUT2D eigenvalue weighted by Crippen LogP contribution is 1.98. The van der Waals surface area contributed by atoms with E-state index in [4.69, 9.17) is 16.6 Å². The van der Waals surface area contributed by atoms with Gasteiger partial charge in [0.05, 0.1) is 19.0 Å². The number of carboxylic acid groups (broad SMARTS) is 1. The zero-order valence-corrected chi connectivity index (χ0v) is 14.6. The molecule has 0 aliphatic heterocycles. The number of carboxylic acids is 1. The first-order valence-corrected chi connectivity index (χ1v) is 8.66. The highest BCUT2D eigenvalue weighted by atomic mass is 32.2. The van der Waals surface area contributed by atoms with Gasteiger partial charge in [0.2, 0.25) is 23.6 Å². The Morgan fingerprint density at radius 3 is 2.20 bits per heavy atom. The molecule has 0 aliphatic rings. The number of rotatable bonds is 12. The summed E-state index contributed by atoms with van der Waals surface area (Å²) in [6.07, 6.45) is 1.79. The first-order valence-electron chi connectivity index (χ1n) is 7.26. The highest BCUT2D eigenvalue weighted by Gasteiger charge is 2.23. The van der Waals surface area contributed by atoms with E-state index in [-0.39, 0.29) is 0 Å². The summed E-state index contributed by atoms with van der Waals surface area (Å²) in [6, 6.07) is -2.10. The third-order valence-electron chi connectivity index (χ3n) is 2.86. The van der Waals surface area contributed by atoms with Gasteiger partial charge in [-0.15, -0.1) is 0 Å². The van der Waals surface area contributed by atoms with E-state index in [1.165, 1.54) is 11.8 Å². The fourth-order valence-electron chi connectivity index (χ4n) is 1.62. The number of hydrogen-bond donors (Lipinski definition) is 6. The predicted octanol–water partition coefficient (Wildman–Crippen LogP) is -3.26. The SMILES string of the molecule is CSCCC(N)C(=O)NCC(=O)NC(CC(N)=O)C(=O)NCC(=O)O. The van der Waals surface area contributed by atoms with Crippen molar-refractivity contribution in [3.05, 3.63) is 0 Å². The van der Waals surface area contributed by atoms with Crippen molar-refractivity contribution in [1.29, 1.82) is 0 Å². The van der Waals surface area contributed by atoms with Crippen LogP contribution in [0.1, 0.15) is 12.8 Å². The number of nitrogens with one attached hydrogen (secondary N) is 3. The Hall–Kier alpha value is -2.34. The van der Waals surface area contributed by atoms with E-state index in [9.17, 15) is 24.0 Å². The lowest BCUT2D eigenvalue weighted by Crippen LogP contribution is -2.52. The lowest BCUT2D eigenvalue weighted by atomic mass is 10.1. The fraction of sp³-hybridized carbons (Fsp3) is 0.615. The van der Waals surface area contributed by atoms with Gasteiger partial charge in [-0.2, -0.15) is 11.8 Å². The second-order valence-corrected chi connectivity index (χ2v) is 5.99. The van der Waals surface area contributed by atoms with Crippen LogP contribution in [0.3, 0.4) is 0 Å². The summed E-state index contributed by atoms with van der Waals surface area (Å²) < 4.78 is 0. The Kier molecular flexibility index (Phi) is 11.0. The van der Waals surface area contributed by atoms with Crippen molar-refractivity contribution in [1.82, 2.24) is 16.0 Å². The molecule has 0 aromatic rings. The van der Waals surface area contributed by atoms with Crippen LogP contribution >= 0.6 is 11.8 Å². The Balaban J connectivity index is 4.50. The minimum atomic E-state index is -1.34. The van der Waals surface area contributed by atoms with Gasteiger partial charge in [0, 0.05) is 0 Å². The molecule has 0 fully saturated rings. The smallest absolute Gasteiger partial charge is 0.322 e. The molecule has 0 aromatic heterocycles. The van der Waals surface area contributed by atoms with E-state index in [0.29, 0.717) is 12.2 Å². The summed E-state index contributed by atoms with van der Waals surface area (Å²) in [4.78, 5) is 56.7. The Bertz CT molecular complexity index is 515. The molecule has 12 heteroatoms. The Morgan fingerprint density at radius 1 is 1.08 bits per heavy atom. The summed E-state index contributed by atoms with van der Waals surface area (Å²) in [6.45, 7) is -1.13. The van der Waals surface area contributed by atoms with Crippen LogP contribution in [0.4, 0.5) is 0 Å². The van der Waals surface area contributed by atoms with Gasteiger partial charge in [-0.1, -0.05) is 0 Å². The van der Waals surface area contributed by atoms with Crippen molar-refractivity contribution in [2.45, 2.75) is 24.9 Å². The third kappa shape index (κ3) is 10.9. The van der Waals surface area contributed by atoms with Crippen molar-refractivity contribution in [3.63, 3.8) is 0 Å². The second kappa shape index (κ2) is 12.1. The predicted molar refractivity (Wildman–Crippen MR) is 90.4 cm³/mol. The molecular formula is C13H23N5O6S. The summed E-state index contributed by atoms with van der Waals surface area (Å²) in [5.41, 5.74) is 10.6. The molecule has 142 valence electrons. The van der Waals surface area contributed by atoms with Crippen molar-refractivity contribution in [2.24, 2.45) is 11.5 Å². The van der Waals surface area contributed by atoms with Gasteiger partial charge in [0.1, 0.15) is 12.6 Å². The average molecular weight is 377 g/mol. The number of primary amides is 1. The second-order valence-electron chi connectivity index (χ2n) is 5.01. The zero-order chi connectivity index (χ0) is 19.4. The van der Waals surface area contributed by atoms with E-state index in [0.717, 1.165) is 0 Å². The van der Waals surface area contributed by atoms with Gasteiger partial charge in [-0.05, 0) is 18.4 Å². The van der Waals surface area contributed by atoms with Crippen LogP contribution < -0.4 is 27.4 Å². The van der Waals surface area contributed by atoms with Crippen LogP contribution in [-0.4, -0.2) is 71.9 Å². The number of amides is 4. The Labute approximate surface area is 148 Å². The molecule has 0 radical (unpaired) electrons. The van der Waals surface area contributed by atoms with Crippen LogP contribution in [0.2, 0.25) is 0 Å². The van der Waals surface area contributed by atoms with E-state index in [1.807, 2.05) is 11.6 Å². The Morgan fingerprint density at radius 2 is 1.68 bits per heavy atom. The molecular weight excluding hydrogens is 354 g/mol. The molecule has 0 aliphatic carbocycles. The molecule has 0 spiro atoms. The third-order valence-corrected chi connectivity index (χ3v) is 3.51. The minimum Gasteiger partial charge on any atom is -0.480 e. The molecule has 11 nitrogen and oxygen atoms in total. The normalized spacial score (nSPS) is 12.6. The maximum absolute atomic E-state index is 11.8. The van der Waals surface area contributed by atoms with Crippen LogP contribution in [0, 0.1) is 0 Å². The van der Waals surface area contributed by atoms with Crippen molar-refractivity contribution >= 4 is 41.4 Å². The van der Waals surface area contributed by atoms with Gasteiger partial charge >= 0.3 is 5.97 Å². The molecule has 4 amide bonds. The number of nitrogens with two attached hydrogens (primary N) is 2. The summed E-state index contributed by atoms with van der Waals surface area (Å²) in [5, 5.41) is 15.1. The van der Waals surface area contributed by atoms with E-state index < -0.39 is 61.2 Å². The van der Waals surface area contributed by atoms with E-state index in [1.54, 1.807) is 0 Å². The van der Waals surface area contributed by atoms with E-state index >= 15 is 0 Å². The fourth-order valence-corrected chi connectivity index (χ4v) is 2.11. The van der Waals surface area contributed by atoms with Crippen LogP contribution in [-0.2, 0) is 24.0 Å². The van der Waals surface area contributed by atoms with Crippen LogP contribution in [0.15, 0.2) is 0 Å². The first-order chi connectivity index (χ1) is 11.7. The number of carbonyl (C=O) groups excluding carboxylic acids is 4. The van der Waals surface area contributed by atoms with Crippen LogP contribution in [0.25, 0.3) is 0 Å². The molecule has 8 N–H and O–H groups in total. The molecule has 2 unspecified atom stereocenters. The number of aliphatic carboxylic acids is 1. The van der Waals surface area contributed by atoms with Gasteiger partial charge < -0.3 is 32.5 Å². The van der Waals surface area contributed by atoms with Crippen molar-refractivity contribution in [3.8, 4) is 0 Å². The monoisotopic (exact) mass is 377 g/mol. The van der Waals surface area contributed by atoms with Gasteiger partial charge in [0.15, 0.2) is 0 Å². The van der Waals surface area contributed by atoms with Gasteiger partial charge in [-0.3, -0.25) is 24.0 Å².